The Bertz CT molecular complexity index is 601. The van der Waals surface area contributed by atoms with Crippen molar-refractivity contribution in [1.82, 2.24) is 14.5 Å². The summed E-state index contributed by atoms with van der Waals surface area (Å²) < 4.78 is 2.17. The summed E-state index contributed by atoms with van der Waals surface area (Å²) in [6.45, 7) is 6.46. The Balaban J connectivity index is 2.18. The van der Waals surface area contributed by atoms with Gasteiger partial charge in [-0.3, -0.25) is 0 Å². The van der Waals surface area contributed by atoms with Gasteiger partial charge in [0.05, 0.1) is 24.2 Å². The van der Waals surface area contributed by atoms with Crippen molar-refractivity contribution in [3.63, 3.8) is 0 Å². The highest BCUT2D eigenvalue weighted by Crippen LogP contribution is 2.42. The fraction of sp³-hybridized carbons (Fsp3) is 0.467. The number of rotatable bonds is 1. The Morgan fingerprint density at radius 3 is 2.68 bits per heavy atom. The van der Waals surface area contributed by atoms with Crippen molar-refractivity contribution in [3.05, 3.63) is 41.7 Å². The van der Waals surface area contributed by atoms with Gasteiger partial charge in [0.15, 0.2) is 0 Å². The molecule has 100 valence electrons. The summed E-state index contributed by atoms with van der Waals surface area (Å²) >= 11 is 0. The molecule has 3 rings (SSSR count). The van der Waals surface area contributed by atoms with E-state index in [9.17, 15) is 5.11 Å². The molecule has 0 bridgehead atoms. The van der Waals surface area contributed by atoms with Crippen molar-refractivity contribution >= 4 is 0 Å². The zero-order valence-corrected chi connectivity index (χ0v) is 11.6. The van der Waals surface area contributed by atoms with E-state index in [0.717, 1.165) is 29.8 Å². The minimum Gasteiger partial charge on any atom is -0.388 e. The average Bonchev–Trinajstić information content (AvgIpc) is 2.65. The van der Waals surface area contributed by atoms with E-state index in [4.69, 9.17) is 0 Å². The first-order valence-corrected chi connectivity index (χ1v) is 6.62. The van der Waals surface area contributed by atoms with Crippen LogP contribution in [-0.2, 0) is 6.42 Å². The van der Waals surface area contributed by atoms with Gasteiger partial charge >= 0.3 is 0 Å². The van der Waals surface area contributed by atoms with E-state index in [1.807, 2.05) is 12.4 Å². The normalized spacial score (nSPS) is 21.2. The van der Waals surface area contributed by atoms with Crippen LogP contribution in [0.2, 0.25) is 0 Å². The Labute approximate surface area is 113 Å². The molecule has 19 heavy (non-hydrogen) atoms. The smallest absolute Gasteiger partial charge is 0.115 e. The summed E-state index contributed by atoms with van der Waals surface area (Å²) in [6.07, 6.45) is 6.57. The molecule has 2 heterocycles. The molecule has 0 amide bonds. The number of nitrogens with zero attached hydrogens (tertiary/aromatic N) is 3. The maximum atomic E-state index is 10.3. The molecule has 1 aliphatic rings. The molecule has 0 aliphatic heterocycles. The van der Waals surface area contributed by atoms with Gasteiger partial charge in [-0.15, -0.1) is 0 Å². The maximum Gasteiger partial charge on any atom is 0.115 e. The van der Waals surface area contributed by atoms with Crippen LogP contribution in [0.3, 0.4) is 0 Å². The summed E-state index contributed by atoms with van der Waals surface area (Å²) in [6, 6.07) is 2.09. The van der Waals surface area contributed by atoms with Crippen LogP contribution in [0.1, 0.15) is 43.3 Å². The Hall–Kier alpha value is -1.68. The second-order valence-corrected chi connectivity index (χ2v) is 6.18. The lowest BCUT2D eigenvalue weighted by atomic mass is 9.75. The third kappa shape index (κ3) is 2.06. The molecule has 4 nitrogen and oxygen atoms in total. The Morgan fingerprint density at radius 2 is 2.00 bits per heavy atom. The fourth-order valence-corrected chi connectivity index (χ4v) is 3.11. The largest absolute Gasteiger partial charge is 0.388 e. The molecule has 1 N–H and O–H groups in total. The van der Waals surface area contributed by atoms with E-state index < -0.39 is 0 Å². The molecular formula is C15H19N3O. The predicted octanol–water partition coefficient (Wildman–Crippen LogP) is 2.58. The van der Waals surface area contributed by atoms with Gasteiger partial charge in [-0.05, 0) is 31.2 Å². The molecule has 2 aromatic rings. The number of aliphatic hydroxyl groups is 1. The van der Waals surface area contributed by atoms with Crippen molar-refractivity contribution in [2.24, 2.45) is 5.41 Å². The molecule has 0 fully saturated rings. The van der Waals surface area contributed by atoms with Gasteiger partial charge in [-0.1, -0.05) is 13.8 Å². The predicted molar refractivity (Wildman–Crippen MR) is 73.2 cm³/mol. The fourth-order valence-electron chi connectivity index (χ4n) is 3.11. The number of aryl methyl sites for hydroxylation is 1. The summed E-state index contributed by atoms with van der Waals surface area (Å²) in [5, 5.41) is 10.3. The lowest BCUT2D eigenvalue weighted by Crippen LogP contribution is -2.26. The highest BCUT2D eigenvalue weighted by molar-refractivity contribution is 5.41. The van der Waals surface area contributed by atoms with Crippen LogP contribution in [0.15, 0.2) is 24.8 Å². The van der Waals surface area contributed by atoms with E-state index in [-0.39, 0.29) is 11.5 Å². The zero-order chi connectivity index (χ0) is 13.6. The molecule has 2 aromatic heterocycles. The van der Waals surface area contributed by atoms with Gasteiger partial charge < -0.3 is 9.67 Å². The van der Waals surface area contributed by atoms with Crippen LogP contribution < -0.4 is 0 Å². The van der Waals surface area contributed by atoms with E-state index >= 15 is 0 Å². The SMILES string of the molecule is Cc1cc2c(n1-c1cncnc1)CC(C)(C)CC2O. The number of aliphatic hydroxyl groups excluding tert-OH is 1. The highest BCUT2D eigenvalue weighted by Gasteiger charge is 2.34. The van der Waals surface area contributed by atoms with E-state index in [2.05, 4.69) is 41.4 Å². The number of fused-ring (bicyclic) bond motifs is 1. The van der Waals surface area contributed by atoms with Crippen LogP contribution in [0.5, 0.6) is 0 Å². The maximum absolute atomic E-state index is 10.3. The molecule has 4 heteroatoms. The summed E-state index contributed by atoms with van der Waals surface area (Å²) in [7, 11) is 0. The first-order valence-electron chi connectivity index (χ1n) is 6.62. The van der Waals surface area contributed by atoms with Gasteiger partial charge in [0.2, 0.25) is 0 Å². The number of aromatic nitrogens is 3. The van der Waals surface area contributed by atoms with Crippen LogP contribution >= 0.6 is 0 Å². The molecule has 0 aromatic carbocycles. The van der Waals surface area contributed by atoms with Gasteiger partial charge in [0.1, 0.15) is 6.33 Å². The molecule has 0 spiro atoms. The first-order chi connectivity index (χ1) is 8.98. The van der Waals surface area contributed by atoms with Gasteiger partial charge in [-0.2, -0.15) is 0 Å². The van der Waals surface area contributed by atoms with E-state index in [1.54, 1.807) is 0 Å². The molecule has 1 unspecified atom stereocenters. The first kappa shape index (κ1) is 12.4. The summed E-state index contributed by atoms with van der Waals surface area (Å²) in [4.78, 5) is 8.18. The minimum atomic E-state index is -0.372. The molecule has 1 aliphatic carbocycles. The van der Waals surface area contributed by atoms with Gasteiger partial charge in [0.25, 0.3) is 0 Å². The van der Waals surface area contributed by atoms with E-state index in [0.29, 0.717) is 0 Å². The van der Waals surface area contributed by atoms with Crippen molar-refractivity contribution in [1.29, 1.82) is 0 Å². The Kier molecular flexibility index (Phi) is 2.71. The van der Waals surface area contributed by atoms with Crippen LogP contribution in [0.4, 0.5) is 0 Å². The lowest BCUT2D eigenvalue weighted by Gasteiger charge is -2.33. The lowest BCUT2D eigenvalue weighted by molar-refractivity contribution is 0.0987. The highest BCUT2D eigenvalue weighted by atomic mass is 16.3. The third-order valence-electron chi connectivity index (χ3n) is 3.88. The average molecular weight is 257 g/mol. The van der Waals surface area contributed by atoms with Crippen molar-refractivity contribution in [2.45, 2.75) is 39.7 Å². The standard InChI is InChI=1S/C15H19N3O/c1-10-4-12-13(5-15(2,3)6-14(12)19)18(10)11-7-16-9-17-8-11/h4,7-9,14,19H,5-6H2,1-3H3. The van der Waals surface area contributed by atoms with Gasteiger partial charge in [0, 0.05) is 17.0 Å². The molecule has 0 saturated carbocycles. The summed E-state index contributed by atoms with van der Waals surface area (Å²) in [5.74, 6) is 0. The second-order valence-electron chi connectivity index (χ2n) is 6.18. The van der Waals surface area contributed by atoms with Crippen LogP contribution in [0, 0.1) is 12.3 Å². The molecule has 0 saturated heterocycles. The zero-order valence-electron chi connectivity index (χ0n) is 11.6. The second kappa shape index (κ2) is 4.17. The number of hydrogen-bond donors (Lipinski definition) is 1. The van der Waals surface area contributed by atoms with Crippen LogP contribution in [-0.4, -0.2) is 19.6 Å². The van der Waals surface area contributed by atoms with Crippen molar-refractivity contribution in [3.8, 4) is 5.69 Å². The third-order valence-corrected chi connectivity index (χ3v) is 3.88. The van der Waals surface area contributed by atoms with Crippen molar-refractivity contribution in [2.75, 3.05) is 0 Å². The quantitative estimate of drug-likeness (QED) is 0.854. The van der Waals surface area contributed by atoms with Gasteiger partial charge in [-0.25, -0.2) is 9.97 Å². The number of hydrogen-bond acceptors (Lipinski definition) is 3. The topological polar surface area (TPSA) is 50.9 Å². The van der Waals surface area contributed by atoms with Crippen LogP contribution in [0.25, 0.3) is 5.69 Å². The summed E-state index contributed by atoms with van der Waals surface area (Å²) in [5.41, 5.74) is 4.45. The Morgan fingerprint density at radius 1 is 1.32 bits per heavy atom. The minimum absolute atomic E-state index is 0.116. The molecular weight excluding hydrogens is 238 g/mol. The van der Waals surface area contributed by atoms with Crippen molar-refractivity contribution < 1.29 is 5.11 Å². The monoisotopic (exact) mass is 257 g/mol. The molecule has 1 atom stereocenters. The van der Waals surface area contributed by atoms with E-state index in [1.165, 1.54) is 12.0 Å². The molecule has 0 radical (unpaired) electrons.